The van der Waals surface area contributed by atoms with Gasteiger partial charge in [-0.1, -0.05) is 42.5 Å². The normalized spacial score (nSPS) is 11.2. The predicted molar refractivity (Wildman–Crippen MR) is 100 cm³/mol. The molecule has 0 fully saturated rings. The Bertz CT molecular complexity index is 792. The van der Waals surface area contributed by atoms with E-state index in [-0.39, 0.29) is 6.42 Å². The van der Waals surface area contributed by atoms with Crippen molar-refractivity contribution >= 4 is 23.5 Å². The summed E-state index contributed by atoms with van der Waals surface area (Å²) in [6, 6.07) is 15.2. The minimum Gasteiger partial charge on any atom is -0.467 e. The average Bonchev–Trinajstić information content (AvgIpc) is 2.71. The molecular formula is C20H22N2O5. The molecular weight excluding hydrogens is 348 g/mol. The van der Waals surface area contributed by atoms with Crippen LogP contribution in [0.1, 0.15) is 15.9 Å². The van der Waals surface area contributed by atoms with Crippen molar-refractivity contribution in [1.29, 1.82) is 0 Å². The number of carbonyl (C=O) groups excluding carboxylic acids is 3. The zero-order valence-corrected chi connectivity index (χ0v) is 15.2. The second-order valence-corrected chi connectivity index (χ2v) is 5.70. The molecule has 0 saturated heterocycles. The minimum absolute atomic E-state index is 0.274. The van der Waals surface area contributed by atoms with E-state index >= 15 is 0 Å². The molecule has 2 rings (SSSR count). The van der Waals surface area contributed by atoms with Crippen LogP contribution in [0.15, 0.2) is 54.6 Å². The van der Waals surface area contributed by atoms with Crippen LogP contribution in [0.5, 0.6) is 0 Å². The maximum atomic E-state index is 12.2. The minimum atomic E-state index is -0.867. The zero-order chi connectivity index (χ0) is 19.6. The molecule has 0 aliphatic heterocycles. The second-order valence-electron chi connectivity index (χ2n) is 5.70. The number of amides is 1. The maximum absolute atomic E-state index is 12.2. The average molecular weight is 370 g/mol. The summed E-state index contributed by atoms with van der Waals surface area (Å²) in [5.74, 6) is -1.79. The van der Waals surface area contributed by atoms with Crippen molar-refractivity contribution in [2.75, 3.05) is 26.1 Å². The van der Waals surface area contributed by atoms with E-state index in [1.807, 2.05) is 30.3 Å². The summed E-state index contributed by atoms with van der Waals surface area (Å²) in [4.78, 5) is 36.2. The Balaban J connectivity index is 1.95. The van der Waals surface area contributed by atoms with Crippen LogP contribution < -0.4 is 10.6 Å². The molecule has 0 saturated carbocycles. The molecule has 0 spiro atoms. The van der Waals surface area contributed by atoms with Crippen molar-refractivity contribution in [3.63, 3.8) is 0 Å². The number of carbonyl (C=O) groups is 3. The molecule has 0 heterocycles. The van der Waals surface area contributed by atoms with Gasteiger partial charge in [0.25, 0.3) is 5.91 Å². The van der Waals surface area contributed by atoms with Gasteiger partial charge in [0, 0.05) is 19.2 Å². The number of anilines is 1. The third-order valence-electron chi connectivity index (χ3n) is 3.85. The fraction of sp³-hybridized carbons (Fsp3) is 0.250. The van der Waals surface area contributed by atoms with Crippen molar-refractivity contribution in [3.8, 4) is 0 Å². The lowest BCUT2D eigenvalue weighted by Crippen LogP contribution is -2.44. The van der Waals surface area contributed by atoms with Crippen molar-refractivity contribution in [2.45, 2.75) is 12.5 Å². The lowest BCUT2D eigenvalue weighted by molar-refractivity contribution is -0.145. The topological polar surface area (TPSA) is 93.7 Å². The van der Waals surface area contributed by atoms with Gasteiger partial charge in [0.15, 0.2) is 6.61 Å². The van der Waals surface area contributed by atoms with Gasteiger partial charge < -0.3 is 20.1 Å². The van der Waals surface area contributed by atoms with Crippen LogP contribution in [0.4, 0.5) is 5.69 Å². The molecule has 7 nitrogen and oxygen atoms in total. The largest absolute Gasteiger partial charge is 0.467 e. The van der Waals surface area contributed by atoms with E-state index in [0.29, 0.717) is 11.3 Å². The van der Waals surface area contributed by atoms with Gasteiger partial charge in [0.2, 0.25) is 0 Å². The smallest absolute Gasteiger partial charge is 0.340 e. The predicted octanol–water partition coefficient (Wildman–Crippen LogP) is 1.79. The highest BCUT2D eigenvalue weighted by Gasteiger charge is 2.23. The number of para-hydroxylation sites is 1. The quantitative estimate of drug-likeness (QED) is 0.688. The highest BCUT2D eigenvalue weighted by molar-refractivity contribution is 5.97. The van der Waals surface area contributed by atoms with Gasteiger partial charge in [-0.05, 0) is 17.7 Å². The van der Waals surface area contributed by atoms with Crippen molar-refractivity contribution < 1.29 is 23.9 Å². The van der Waals surface area contributed by atoms with Crippen molar-refractivity contribution in [3.05, 3.63) is 65.7 Å². The van der Waals surface area contributed by atoms with Gasteiger partial charge in [-0.15, -0.1) is 0 Å². The summed E-state index contributed by atoms with van der Waals surface area (Å²) in [6.07, 6.45) is 0.274. The summed E-state index contributed by atoms with van der Waals surface area (Å²) in [6.45, 7) is -0.501. The van der Waals surface area contributed by atoms with Gasteiger partial charge in [0.05, 0.1) is 12.7 Å². The maximum Gasteiger partial charge on any atom is 0.340 e. The fourth-order valence-electron chi connectivity index (χ4n) is 2.51. The number of nitrogens with one attached hydrogen (secondary N) is 2. The Hall–Kier alpha value is -3.35. The molecule has 0 unspecified atom stereocenters. The Morgan fingerprint density at radius 3 is 2.33 bits per heavy atom. The van der Waals surface area contributed by atoms with Crippen LogP contribution in [0.3, 0.4) is 0 Å². The molecule has 2 aromatic carbocycles. The Labute approximate surface area is 157 Å². The Kier molecular flexibility index (Phi) is 7.37. The van der Waals surface area contributed by atoms with Crippen LogP contribution in [0, 0.1) is 0 Å². The zero-order valence-electron chi connectivity index (χ0n) is 15.2. The first kappa shape index (κ1) is 20.0. The molecule has 7 heteroatoms. The third-order valence-corrected chi connectivity index (χ3v) is 3.85. The number of methoxy groups -OCH3 is 1. The summed E-state index contributed by atoms with van der Waals surface area (Å²) in [5.41, 5.74) is 1.79. The first-order valence-electron chi connectivity index (χ1n) is 8.40. The molecule has 142 valence electrons. The van der Waals surface area contributed by atoms with Gasteiger partial charge >= 0.3 is 11.9 Å². The van der Waals surface area contributed by atoms with E-state index in [4.69, 9.17) is 9.47 Å². The number of esters is 2. The van der Waals surface area contributed by atoms with Gasteiger partial charge in [-0.25, -0.2) is 9.59 Å². The number of hydrogen-bond donors (Lipinski definition) is 2. The van der Waals surface area contributed by atoms with Gasteiger partial charge in [-0.3, -0.25) is 4.79 Å². The molecule has 1 atom stereocenters. The highest BCUT2D eigenvalue weighted by atomic mass is 16.5. The fourth-order valence-corrected chi connectivity index (χ4v) is 2.51. The van der Waals surface area contributed by atoms with Crippen LogP contribution >= 0.6 is 0 Å². The van der Waals surface area contributed by atoms with Crippen LogP contribution in [0.25, 0.3) is 0 Å². The van der Waals surface area contributed by atoms with Crippen LogP contribution in [0.2, 0.25) is 0 Å². The highest BCUT2D eigenvalue weighted by Crippen LogP contribution is 2.15. The van der Waals surface area contributed by atoms with Crippen molar-refractivity contribution in [2.24, 2.45) is 0 Å². The number of rotatable bonds is 8. The number of ether oxygens (including phenoxy) is 2. The summed E-state index contributed by atoms with van der Waals surface area (Å²) < 4.78 is 9.79. The molecule has 2 aromatic rings. The van der Waals surface area contributed by atoms with Gasteiger partial charge in [-0.2, -0.15) is 0 Å². The molecule has 0 radical (unpaired) electrons. The second kappa shape index (κ2) is 9.96. The lowest BCUT2D eigenvalue weighted by atomic mass is 10.1. The van der Waals surface area contributed by atoms with Gasteiger partial charge in [0.1, 0.15) is 6.04 Å². The number of benzene rings is 2. The molecule has 1 amide bonds. The third kappa shape index (κ3) is 5.85. The monoisotopic (exact) mass is 370 g/mol. The first-order valence-corrected chi connectivity index (χ1v) is 8.40. The Morgan fingerprint density at radius 1 is 1.00 bits per heavy atom. The molecule has 0 aliphatic rings. The van der Waals surface area contributed by atoms with E-state index in [2.05, 4.69) is 10.6 Å². The first-order chi connectivity index (χ1) is 13.0. The van der Waals surface area contributed by atoms with E-state index in [1.165, 1.54) is 7.11 Å². The Morgan fingerprint density at radius 2 is 1.67 bits per heavy atom. The van der Waals surface area contributed by atoms with E-state index < -0.39 is 30.5 Å². The van der Waals surface area contributed by atoms with Crippen LogP contribution in [-0.4, -0.2) is 44.7 Å². The van der Waals surface area contributed by atoms with Crippen molar-refractivity contribution in [1.82, 2.24) is 5.32 Å². The van der Waals surface area contributed by atoms with E-state index in [1.54, 1.807) is 31.3 Å². The SMILES string of the molecule is CNc1ccccc1C(=O)OCC(=O)N[C@H](Cc1ccccc1)C(=O)OC. The molecule has 0 bridgehead atoms. The number of hydrogen-bond acceptors (Lipinski definition) is 6. The molecule has 27 heavy (non-hydrogen) atoms. The molecule has 2 N–H and O–H groups in total. The summed E-state index contributed by atoms with van der Waals surface area (Å²) in [7, 11) is 2.94. The van der Waals surface area contributed by atoms with Crippen LogP contribution in [-0.2, 0) is 25.5 Å². The van der Waals surface area contributed by atoms with E-state index in [0.717, 1.165) is 5.56 Å². The van der Waals surface area contributed by atoms with E-state index in [9.17, 15) is 14.4 Å². The summed E-state index contributed by atoms with van der Waals surface area (Å²) >= 11 is 0. The summed E-state index contributed by atoms with van der Waals surface area (Å²) in [5, 5.41) is 5.43. The molecule has 0 aromatic heterocycles. The standard InChI is InChI=1S/C20H22N2O5/c1-21-16-11-7-6-10-15(16)19(24)27-13-18(23)22-17(20(25)26-2)12-14-8-4-3-5-9-14/h3-11,17,21H,12-13H2,1-2H3,(H,22,23)/t17-/m1/s1. The molecule has 0 aliphatic carbocycles. The lowest BCUT2D eigenvalue weighted by Gasteiger charge is -2.17.